The molecule has 2 aliphatic rings. The highest BCUT2D eigenvalue weighted by molar-refractivity contribution is 6.31. The zero-order chi connectivity index (χ0) is 16.2. The smallest absolute Gasteiger partial charge is 0.238 e. The first-order chi connectivity index (χ1) is 11.1. The molecule has 1 atom stereocenters. The van der Waals surface area contributed by atoms with Gasteiger partial charge in [-0.25, -0.2) is 0 Å². The molecule has 3 rings (SSSR count). The highest BCUT2D eigenvalue weighted by Gasteiger charge is 2.29. The van der Waals surface area contributed by atoms with Gasteiger partial charge in [-0.3, -0.25) is 14.6 Å². The largest absolute Gasteiger partial charge is 0.325 e. The quantitative estimate of drug-likeness (QED) is 0.876. The molecule has 0 aliphatic carbocycles. The zero-order valence-electron chi connectivity index (χ0n) is 13.6. The lowest BCUT2D eigenvalue weighted by atomic mass is 10.2. The van der Waals surface area contributed by atoms with Crippen LogP contribution in [-0.2, 0) is 4.79 Å². The van der Waals surface area contributed by atoms with Gasteiger partial charge in [0.2, 0.25) is 5.91 Å². The summed E-state index contributed by atoms with van der Waals surface area (Å²) in [7, 11) is 0. The molecule has 2 aliphatic heterocycles. The molecule has 1 aromatic rings. The monoisotopic (exact) mass is 336 g/mol. The van der Waals surface area contributed by atoms with Crippen molar-refractivity contribution in [3.63, 3.8) is 0 Å². The fourth-order valence-electron chi connectivity index (χ4n) is 3.44. The Hall–Kier alpha value is -1.14. The van der Waals surface area contributed by atoms with E-state index in [4.69, 9.17) is 11.6 Å². The molecule has 5 nitrogen and oxygen atoms in total. The van der Waals surface area contributed by atoms with Crippen molar-refractivity contribution in [2.24, 2.45) is 0 Å². The number of piperazine rings is 1. The first-order valence-corrected chi connectivity index (χ1v) is 8.73. The number of halogens is 1. The van der Waals surface area contributed by atoms with Gasteiger partial charge in [0.1, 0.15) is 0 Å². The number of nitrogens with one attached hydrogen (secondary N) is 2. The third-order valence-electron chi connectivity index (χ3n) is 4.82. The van der Waals surface area contributed by atoms with Crippen molar-refractivity contribution in [1.82, 2.24) is 15.1 Å². The number of nitrogens with zero attached hydrogens (tertiary/aromatic N) is 2. The van der Waals surface area contributed by atoms with Gasteiger partial charge in [0.25, 0.3) is 0 Å². The fourth-order valence-corrected chi connectivity index (χ4v) is 3.61. The van der Waals surface area contributed by atoms with E-state index in [-0.39, 0.29) is 5.91 Å². The van der Waals surface area contributed by atoms with E-state index in [0.29, 0.717) is 17.6 Å². The van der Waals surface area contributed by atoms with Crippen LogP contribution in [0.4, 0.5) is 5.69 Å². The van der Waals surface area contributed by atoms with Crippen LogP contribution in [0.15, 0.2) is 18.2 Å². The topological polar surface area (TPSA) is 47.6 Å². The normalized spacial score (nSPS) is 23.1. The molecular formula is C17H25ClN4O. The van der Waals surface area contributed by atoms with Crippen molar-refractivity contribution in [3.8, 4) is 0 Å². The van der Waals surface area contributed by atoms with Crippen molar-refractivity contribution in [2.45, 2.75) is 19.4 Å². The number of likely N-dealkylation sites (tertiary alicyclic amines) is 1. The van der Waals surface area contributed by atoms with E-state index in [1.165, 1.54) is 0 Å². The van der Waals surface area contributed by atoms with Crippen molar-refractivity contribution in [2.75, 3.05) is 51.1 Å². The summed E-state index contributed by atoms with van der Waals surface area (Å²) in [5.74, 6) is 0.0383. The lowest BCUT2D eigenvalue weighted by molar-refractivity contribution is -0.117. The maximum Gasteiger partial charge on any atom is 0.238 e. The van der Waals surface area contributed by atoms with Crippen LogP contribution in [0.25, 0.3) is 0 Å². The first kappa shape index (κ1) is 16.7. The maximum absolute atomic E-state index is 12.3. The van der Waals surface area contributed by atoms with E-state index in [0.717, 1.165) is 56.9 Å². The summed E-state index contributed by atoms with van der Waals surface area (Å²) in [5, 5.41) is 7.06. The molecule has 1 aromatic carbocycles. The lowest BCUT2D eigenvalue weighted by Gasteiger charge is -2.32. The second-order valence-electron chi connectivity index (χ2n) is 6.42. The Morgan fingerprint density at radius 3 is 2.91 bits per heavy atom. The van der Waals surface area contributed by atoms with Crippen LogP contribution in [-0.4, -0.2) is 67.6 Å². The highest BCUT2D eigenvalue weighted by atomic mass is 35.5. The standard InChI is InChI=1S/C17H25ClN4O/c1-13-15(18)3-2-4-16(13)20-17(23)12-21-8-5-14(11-21)22-9-6-19-7-10-22/h2-4,14,19H,5-12H2,1H3,(H,20,23). The third-order valence-corrected chi connectivity index (χ3v) is 5.23. The molecule has 1 amide bonds. The van der Waals surface area contributed by atoms with Crippen molar-refractivity contribution < 1.29 is 4.79 Å². The summed E-state index contributed by atoms with van der Waals surface area (Å²) in [5.41, 5.74) is 1.72. The average Bonchev–Trinajstić information content (AvgIpc) is 3.01. The van der Waals surface area contributed by atoms with Crippen LogP contribution in [0, 0.1) is 6.92 Å². The van der Waals surface area contributed by atoms with Crippen LogP contribution in [0.3, 0.4) is 0 Å². The molecule has 23 heavy (non-hydrogen) atoms. The van der Waals surface area contributed by atoms with E-state index in [9.17, 15) is 4.79 Å². The molecule has 0 saturated carbocycles. The van der Waals surface area contributed by atoms with Crippen molar-refractivity contribution >= 4 is 23.2 Å². The number of carbonyl (C=O) groups is 1. The van der Waals surface area contributed by atoms with Gasteiger partial charge >= 0.3 is 0 Å². The Bertz CT molecular complexity index is 560. The van der Waals surface area contributed by atoms with Gasteiger partial charge in [-0.2, -0.15) is 0 Å². The number of carbonyl (C=O) groups excluding carboxylic acids is 1. The SMILES string of the molecule is Cc1c(Cl)cccc1NC(=O)CN1CCC(N2CCNCC2)C1. The molecule has 1 unspecified atom stereocenters. The van der Waals surface area contributed by atoms with E-state index in [1.807, 2.05) is 25.1 Å². The van der Waals surface area contributed by atoms with Gasteiger partial charge in [0.05, 0.1) is 6.54 Å². The van der Waals surface area contributed by atoms with Crippen LogP contribution in [0.2, 0.25) is 5.02 Å². The van der Waals surface area contributed by atoms with Crippen LogP contribution < -0.4 is 10.6 Å². The van der Waals surface area contributed by atoms with Crippen LogP contribution >= 0.6 is 11.6 Å². The minimum Gasteiger partial charge on any atom is -0.325 e. The number of benzene rings is 1. The zero-order valence-corrected chi connectivity index (χ0v) is 14.4. The summed E-state index contributed by atoms with van der Waals surface area (Å²) >= 11 is 6.10. The fraction of sp³-hybridized carbons (Fsp3) is 0.588. The van der Waals surface area contributed by atoms with Gasteiger partial charge < -0.3 is 10.6 Å². The van der Waals surface area contributed by atoms with E-state index < -0.39 is 0 Å². The molecule has 126 valence electrons. The molecule has 2 fully saturated rings. The Balaban J connectivity index is 1.50. The predicted molar refractivity (Wildman–Crippen MR) is 94.1 cm³/mol. The molecule has 0 spiro atoms. The summed E-state index contributed by atoms with van der Waals surface area (Å²) in [6.45, 7) is 8.75. The second-order valence-corrected chi connectivity index (χ2v) is 6.83. The number of amides is 1. The highest BCUT2D eigenvalue weighted by Crippen LogP contribution is 2.23. The molecule has 2 heterocycles. The summed E-state index contributed by atoms with van der Waals surface area (Å²) in [6, 6.07) is 6.19. The Morgan fingerprint density at radius 2 is 2.13 bits per heavy atom. The molecule has 0 radical (unpaired) electrons. The van der Waals surface area contributed by atoms with Crippen molar-refractivity contribution in [1.29, 1.82) is 0 Å². The number of anilines is 1. The minimum absolute atomic E-state index is 0.0383. The van der Waals surface area contributed by atoms with Gasteiger partial charge in [0, 0.05) is 56.0 Å². The molecule has 2 N–H and O–H groups in total. The molecular weight excluding hydrogens is 312 g/mol. The van der Waals surface area contributed by atoms with Gasteiger partial charge in [-0.05, 0) is 31.0 Å². The molecule has 0 bridgehead atoms. The van der Waals surface area contributed by atoms with Crippen LogP contribution in [0.1, 0.15) is 12.0 Å². The Kier molecular flexibility index (Phi) is 5.54. The number of rotatable bonds is 4. The second kappa shape index (κ2) is 7.62. The summed E-state index contributed by atoms with van der Waals surface area (Å²) in [4.78, 5) is 17.1. The maximum atomic E-state index is 12.3. The van der Waals surface area contributed by atoms with Crippen molar-refractivity contribution in [3.05, 3.63) is 28.8 Å². The van der Waals surface area contributed by atoms with Gasteiger partial charge in [-0.1, -0.05) is 17.7 Å². The molecule has 0 aromatic heterocycles. The van der Waals surface area contributed by atoms with Gasteiger partial charge in [-0.15, -0.1) is 0 Å². The molecule has 6 heteroatoms. The minimum atomic E-state index is 0.0383. The average molecular weight is 337 g/mol. The summed E-state index contributed by atoms with van der Waals surface area (Å²) in [6.07, 6.45) is 1.16. The molecule has 2 saturated heterocycles. The Labute approximate surface area is 143 Å². The van der Waals surface area contributed by atoms with Crippen LogP contribution in [0.5, 0.6) is 0 Å². The van der Waals surface area contributed by atoms with Gasteiger partial charge in [0.15, 0.2) is 0 Å². The van der Waals surface area contributed by atoms with E-state index in [1.54, 1.807) is 0 Å². The first-order valence-electron chi connectivity index (χ1n) is 8.35. The number of hydrogen-bond acceptors (Lipinski definition) is 4. The summed E-state index contributed by atoms with van der Waals surface area (Å²) < 4.78 is 0. The third kappa shape index (κ3) is 4.23. The van der Waals surface area contributed by atoms with E-state index in [2.05, 4.69) is 20.4 Å². The predicted octanol–water partition coefficient (Wildman–Crippen LogP) is 1.57. The van der Waals surface area contributed by atoms with E-state index >= 15 is 0 Å². The number of hydrogen-bond donors (Lipinski definition) is 2. The Morgan fingerprint density at radius 1 is 1.35 bits per heavy atom. The lowest BCUT2D eigenvalue weighted by Crippen LogP contribution is -2.49.